The molecule has 1 amide bonds. The molecule has 1 aromatic carbocycles. The van der Waals surface area contributed by atoms with Gasteiger partial charge in [-0.25, -0.2) is 4.39 Å². The number of likely N-dealkylation sites (tertiary alicyclic amines) is 1. The van der Waals surface area contributed by atoms with Gasteiger partial charge in [0, 0.05) is 54.9 Å². The molecule has 1 atom stereocenters. The molecule has 4 heterocycles. The van der Waals surface area contributed by atoms with Crippen molar-refractivity contribution < 1.29 is 18.7 Å². The van der Waals surface area contributed by atoms with Crippen LogP contribution in [0.5, 0.6) is 0 Å². The zero-order chi connectivity index (χ0) is 29.3. The number of benzene rings is 1. The summed E-state index contributed by atoms with van der Waals surface area (Å²) in [5.41, 5.74) is 5.26. The summed E-state index contributed by atoms with van der Waals surface area (Å²) in [6.07, 6.45) is 6.63. The van der Waals surface area contributed by atoms with Crippen molar-refractivity contribution in [2.24, 2.45) is 11.8 Å². The molecule has 0 radical (unpaired) electrons. The molecule has 0 saturated carbocycles. The SMILES string of the molecule is CCN(C(=O)c1cc(F)ccc1-c1cc(CC2CN([C@H](CCC3OCCO3)C(C)C)C2)n2c(C)cncc12)C(C)C. The van der Waals surface area contributed by atoms with Gasteiger partial charge in [-0.3, -0.25) is 14.7 Å². The Balaban J connectivity index is 1.39. The van der Waals surface area contributed by atoms with Crippen molar-refractivity contribution in [3.05, 3.63) is 59.4 Å². The van der Waals surface area contributed by atoms with Crippen LogP contribution in [-0.2, 0) is 15.9 Å². The predicted octanol–water partition coefficient (Wildman–Crippen LogP) is 5.97. The van der Waals surface area contributed by atoms with Gasteiger partial charge in [0.15, 0.2) is 6.29 Å². The van der Waals surface area contributed by atoms with E-state index < -0.39 is 5.82 Å². The van der Waals surface area contributed by atoms with E-state index >= 15 is 0 Å². The van der Waals surface area contributed by atoms with Gasteiger partial charge in [0.1, 0.15) is 5.82 Å². The Morgan fingerprint density at radius 3 is 2.49 bits per heavy atom. The number of aryl methyl sites for hydroxylation is 1. The van der Waals surface area contributed by atoms with Gasteiger partial charge in [0.25, 0.3) is 5.91 Å². The van der Waals surface area contributed by atoms with Gasteiger partial charge in [-0.2, -0.15) is 0 Å². The van der Waals surface area contributed by atoms with E-state index in [-0.39, 0.29) is 18.2 Å². The Labute approximate surface area is 243 Å². The van der Waals surface area contributed by atoms with Gasteiger partial charge < -0.3 is 18.8 Å². The highest BCUT2D eigenvalue weighted by Gasteiger charge is 2.35. The van der Waals surface area contributed by atoms with Crippen LogP contribution in [-0.4, -0.2) is 76.3 Å². The summed E-state index contributed by atoms with van der Waals surface area (Å²) < 4.78 is 28.1. The number of halogens is 1. The summed E-state index contributed by atoms with van der Waals surface area (Å²) in [6.45, 7) is 16.7. The smallest absolute Gasteiger partial charge is 0.254 e. The first kappa shape index (κ1) is 29.7. The minimum Gasteiger partial charge on any atom is -0.350 e. The first-order valence-electron chi connectivity index (χ1n) is 15.2. The van der Waals surface area contributed by atoms with Crippen LogP contribution in [0.1, 0.15) is 69.2 Å². The number of hydrogen-bond acceptors (Lipinski definition) is 5. The zero-order valence-electron chi connectivity index (χ0n) is 25.4. The number of ether oxygens (including phenoxy) is 2. The summed E-state index contributed by atoms with van der Waals surface area (Å²) >= 11 is 0. The average Bonchev–Trinajstić information content (AvgIpc) is 3.56. The standard InChI is InChI=1S/C33H45FN4O3/c1-7-37(22(4)5)33(39)29-15-25(34)8-9-27(29)28-16-26(38-23(6)17-35-18-31(28)38)14-24-19-36(20-24)30(21(2)3)10-11-32-40-12-13-41-32/h8-9,15-18,21-22,24,30,32H,7,10-14,19-20H2,1-6H3/t30-/m1/s1. The summed E-state index contributed by atoms with van der Waals surface area (Å²) in [4.78, 5) is 22.5. The summed E-state index contributed by atoms with van der Waals surface area (Å²) in [5.74, 6) is 0.547. The van der Waals surface area contributed by atoms with Gasteiger partial charge >= 0.3 is 0 Å². The van der Waals surface area contributed by atoms with Crippen LogP contribution in [0.25, 0.3) is 16.6 Å². The molecule has 2 saturated heterocycles. The van der Waals surface area contributed by atoms with Crippen LogP contribution < -0.4 is 0 Å². The van der Waals surface area contributed by atoms with Crippen molar-refractivity contribution in [2.45, 2.75) is 79.2 Å². The molecule has 0 spiro atoms. The lowest BCUT2D eigenvalue weighted by Crippen LogP contribution is -2.54. The van der Waals surface area contributed by atoms with E-state index in [4.69, 9.17) is 9.47 Å². The topological polar surface area (TPSA) is 59.3 Å². The van der Waals surface area contributed by atoms with Crippen LogP contribution >= 0.6 is 0 Å². The second-order valence-corrected chi connectivity index (χ2v) is 12.3. The fourth-order valence-corrected chi connectivity index (χ4v) is 6.71. The molecule has 7 nitrogen and oxygen atoms in total. The Morgan fingerprint density at radius 2 is 1.83 bits per heavy atom. The second kappa shape index (κ2) is 12.6. The van der Waals surface area contributed by atoms with Crippen molar-refractivity contribution in [1.82, 2.24) is 19.2 Å². The van der Waals surface area contributed by atoms with Gasteiger partial charge in [-0.05, 0) is 82.6 Å². The molecule has 2 fully saturated rings. The minimum atomic E-state index is -0.407. The first-order chi connectivity index (χ1) is 19.7. The lowest BCUT2D eigenvalue weighted by Gasteiger charge is -2.46. The van der Waals surface area contributed by atoms with E-state index in [0.717, 1.165) is 54.7 Å². The highest BCUT2D eigenvalue weighted by atomic mass is 19.1. The average molecular weight is 565 g/mol. The maximum atomic E-state index is 14.5. The molecule has 0 aliphatic carbocycles. The molecule has 8 heteroatoms. The third-order valence-electron chi connectivity index (χ3n) is 8.76. The Bertz CT molecular complexity index is 1360. The minimum absolute atomic E-state index is 0.0170. The maximum Gasteiger partial charge on any atom is 0.254 e. The van der Waals surface area contributed by atoms with Crippen LogP contribution in [0, 0.1) is 24.6 Å². The van der Waals surface area contributed by atoms with Gasteiger partial charge in [0.05, 0.1) is 30.5 Å². The molecule has 3 aromatic rings. The van der Waals surface area contributed by atoms with E-state index in [1.807, 2.05) is 33.2 Å². The van der Waals surface area contributed by atoms with E-state index in [9.17, 15) is 9.18 Å². The number of aromatic nitrogens is 2. The van der Waals surface area contributed by atoms with Crippen molar-refractivity contribution in [3.8, 4) is 11.1 Å². The van der Waals surface area contributed by atoms with Crippen LogP contribution in [0.2, 0.25) is 0 Å². The molecule has 2 aromatic heterocycles. The first-order valence-corrected chi connectivity index (χ1v) is 15.2. The Morgan fingerprint density at radius 1 is 1.10 bits per heavy atom. The van der Waals surface area contributed by atoms with E-state index in [1.165, 1.54) is 17.8 Å². The Kier molecular flexibility index (Phi) is 9.12. The lowest BCUT2D eigenvalue weighted by atomic mass is 9.87. The number of carbonyl (C=O) groups excluding carboxylic acids is 1. The normalized spacial score (nSPS) is 17.6. The summed E-state index contributed by atoms with van der Waals surface area (Å²) in [7, 11) is 0. The largest absolute Gasteiger partial charge is 0.350 e. The molecule has 0 bridgehead atoms. The number of hydrogen-bond donors (Lipinski definition) is 0. The number of amides is 1. The van der Waals surface area contributed by atoms with E-state index in [0.29, 0.717) is 43.2 Å². The molecule has 0 N–H and O–H groups in total. The van der Waals surface area contributed by atoms with Gasteiger partial charge in [-0.1, -0.05) is 19.9 Å². The third kappa shape index (κ3) is 6.20. The van der Waals surface area contributed by atoms with Crippen molar-refractivity contribution in [1.29, 1.82) is 0 Å². The van der Waals surface area contributed by atoms with Crippen molar-refractivity contribution in [2.75, 3.05) is 32.8 Å². The number of rotatable bonds is 11. The summed E-state index contributed by atoms with van der Waals surface area (Å²) in [6, 6.07) is 7.29. The molecular formula is C33H45FN4O3. The second-order valence-electron chi connectivity index (χ2n) is 12.3. The van der Waals surface area contributed by atoms with E-state index in [2.05, 4.69) is 41.1 Å². The van der Waals surface area contributed by atoms with Gasteiger partial charge in [0.2, 0.25) is 0 Å². The number of nitrogens with zero attached hydrogens (tertiary/aromatic N) is 4. The number of carbonyl (C=O) groups is 1. The molecule has 222 valence electrons. The molecule has 2 aliphatic heterocycles. The molecule has 41 heavy (non-hydrogen) atoms. The number of fused-ring (bicyclic) bond motifs is 1. The van der Waals surface area contributed by atoms with Crippen molar-refractivity contribution >= 4 is 11.4 Å². The maximum absolute atomic E-state index is 14.5. The third-order valence-corrected chi connectivity index (χ3v) is 8.76. The molecule has 2 aliphatic rings. The fraction of sp³-hybridized carbons (Fsp3) is 0.576. The zero-order valence-corrected chi connectivity index (χ0v) is 25.4. The summed E-state index contributed by atoms with van der Waals surface area (Å²) in [5, 5.41) is 0. The monoisotopic (exact) mass is 564 g/mol. The van der Waals surface area contributed by atoms with Crippen LogP contribution in [0.15, 0.2) is 36.7 Å². The molecule has 0 unspecified atom stereocenters. The Hall–Kier alpha value is -2.81. The van der Waals surface area contributed by atoms with E-state index in [1.54, 1.807) is 11.0 Å². The fourth-order valence-electron chi connectivity index (χ4n) is 6.71. The van der Waals surface area contributed by atoms with Crippen LogP contribution in [0.3, 0.4) is 0 Å². The van der Waals surface area contributed by atoms with Crippen LogP contribution in [0.4, 0.5) is 4.39 Å². The van der Waals surface area contributed by atoms with Gasteiger partial charge in [-0.15, -0.1) is 0 Å². The quantitative estimate of drug-likeness (QED) is 0.287. The molecular weight excluding hydrogens is 519 g/mol. The lowest BCUT2D eigenvalue weighted by molar-refractivity contribution is -0.0586. The molecule has 5 rings (SSSR count). The highest BCUT2D eigenvalue weighted by Crippen LogP contribution is 2.35. The highest BCUT2D eigenvalue weighted by molar-refractivity contribution is 6.03. The van der Waals surface area contributed by atoms with Crippen molar-refractivity contribution in [3.63, 3.8) is 0 Å². The predicted molar refractivity (Wildman–Crippen MR) is 159 cm³/mol.